The summed E-state index contributed by atoms with van der Waals surface area (Å²) in [6.45, 7) is 3.60. The SMILES string of the molecule is c1ccc(CCN2CCCC2c2ccc3c(c2)OCCO3)cc1. The first-order chi connectivity index (χ1) is 11.4. The topological polar surface area (TPSA) is 21.7 Å². The van der Waals surface area contributed by atoms with Gasteiger partial charge in [0.15, 0.2) is 11.5 Å². The third-order valence-electron chi connectivity index (χ3n) is 4.85. The Hall–Kier alpha value is -2.00. The highest BCUT2D eigenvalue weighted by atomic mass is 16.6. The summed E-state index contributed by atoms with van der Waals surface area (Å²) in [7, 11) is 0. The standard InChI is InChI=1S/C20H23NO2/c1-2-5-16(6-3-1)10-12-21-11-4-7-18(21)17-8-9-19-20(15-17)23-14-13-22-19/h1-3,5-6,8-9,15,18H,4,7,10-14H2. The molecule has 3 heteroatoms. The van der Waals surface area contributed by atoms with Crippen LogP contribution in [0.25, 0.3) is 0 Å². The summed E-state index contributed by atoms with van der Waals surface area (Å²) in [5.74, 6) is 1.79. The van der Waals surface area contributed by atoms with E-state index < -0.39 is 0 Å². The van der Waals surface area contributed by atoms with Crippen molar-refractivity contribution in [3.8, 4) is 11.5 Å². The number of ether oxygens (including phenoxy) is 2. The van der Waals surface area contributed by atoms with Crippen LogP contribution in [0.15, 0.2) is 48.5 Å². The van der Waals surface area contributed by atoms with Crippen LogP contribution < -0.4 is 9.47 Å². The minimum Gasteiger partial charge on any atom is -0.486 e. The van der Waals surface area contributed by atoms with E-state index in [1.807, 2.05) is 0 Å². The summed E-state index contributed by atoms with van der Waals surface area (Å²) < 4.78 is 11.4. The normalized spacial score (nSPS) is 20.6. The average molecular weight is 309 g/mol. The summed E-state index contributed by atoms with van der Waals surface area (Å²) >= 11 is 0. The van der Waals surface area contributed by atoms with Gasteiger partial charge in [-0.25, -0.2) is 0 Å². The Morgan fingerprint density at radius 3 is 2.65 bits per heavy atom. The summed E-state index contributed by atoms with van der Waals surface area (Å²) in [6, 6.07) is 17.7. The molecule has 4 rings (SSSR count). The predicted molar refractivity (Wildman–Crippen MR) is 91.1 cm³/mol. The second kappa shape index (κ2) is 6.63. The van der Waals surface area contributed by atoms with Gasteiger partial charge >= 0.3 is 0 Å². The Balaban J connectivity index is 1.47. The molecule has 2 aliphatic rings. The monoisotopic (exact) mass is 309 g/mol. The van der Waals surface area contributed by atoms with Crippen molar-refractivity contribution in [2.24, 2.45) is 0 Å². The van der Waals surface area contributed by atoms with Gasteiger partial charge < -0.3 is 9.47 Å². The van der Waals surface area contributed by atoms with Crippen LogP contribution in [0.3, 0.4) is 0 Å². The Kier molecular flexibility index (Phi) is 4.20. The Bertz CT molecular complexity index is 656. The summed E-state index contributed by atoms with van der Waals surface area (Å²) in [5.41, 5.74) is 2.78. The molecule has 1 atom stereocenters. The lowest BCUT2D eigenvalue weighted by molar-refractivity contribution is 0.170. The largest absolute Gasteiger partial charge is 0.486 e. The van der Waals surface area contributed by atoms with Crippen molar-refractivity contribution in [1.82, 2.24) is 4.90 Å². The maximum atomic E-state index is 5.74. The van der Waals surface area contributed by atoms with Crippen molar-refractivity contribution >= 4 is 0 Å². The number of hydrogen-bond acceptors (Lipinski definition) is 3. The van der Waals surface area contributed by atoms with Crippen LogP contribution >= 0.6 is 0 Å². The molecule has 0 aliphatic carbocycles. The number of nitrogens with zero attached hydrogens (tertiary/aromatic N) is 1. The molecule has 0 amide bonds. The van der Waals surface area contributed by atoms with Crippen LogP contribution in [-0.2, 0) is 6.42 Å². The second-order valence-electron chi connectivity index (χ2n) is 6.33. The molecule has 0 aromatic heterocycles. The van der Waals surface area contributed by atoms with Crippen molar-refractivity contribution in [3.63, 3.8) is 0 Å². The molecule has 2 aromatic rings. The van der Waals surface area contributed by atoms with Crippen molar-refractivity contribution < 1.29 is 9.47 Å². The van der Waals surface area contributed by atoms with Gasteiger partial charge in [0.25, 0.3) is 0 Å². The van der Waals surface area contributed by atoms with E-state index in [0.29, 0.717) is 19.3 Å². The van der Waals surface area contributed by atoms with Crippen molar-refractivity contribution in [1.29, 1.82) is 0 Å². The first kappa shape index (κ1) is 14.6. The van der Waals surface area contributed by atoms with E-state index in [2.05, 4.69) is 53.4 Å². The molecule has 1 saturated heterocycles. The molecule has 2 heterocycles. The van der Waals surface area contributed by atoms with Gasteiger partial charge in [-0.3, -0.25) is 4.90 Å². The maximum Gasteiger partial charge on any atom is 0.161 e. The molecule has 3 nitrogen and oxygen atoms in total. The molecule has 1 unspecified atom stereocenters. The van der Waals surface area contributed by atoms with Crippen LogP contribution in [0.1, 0.15) is 30.0 Å². The van der Waals surface area contributed by atoms with Crippen molar-refractivity contribution in [2.45, 2.75) is 25.3 Å². The molecule has 0 spiro atoms. The fourth-order valence-corrected chi connectivity index (χ4v) is 3.66. The van der Waals surface area contributed by atoms with Gasteiger partial charge in [0, 0.05) is 12.6 Å². The fourth-order valence-electron chi connectivity index (χ4n) is 3.66. The zero-order valence-corrected chi connectivity index (χ0v) is 13.4. The van der Waals surface area contributed by atoms with E-state index in [1.165, 1.54) is 30.5 Å². The quantitative estimate of drug-likeness (QED) is 0.856. The van der Waals surface area contributed by atoms with Crippen LogP contribution in [0.4, 0.5) is 0 Å². The lowest BCUT2D eigenvalue weighted by Gasteiger charge is -2.26. The van der Waals surface area contributed by atoms with E-state index in [-0.39, 0.29) is 0 Å². The lowest BCUT2D eigenvalue weighted by atomic mass is 10.0. The molecule has 0 bridgehead atoms. The van der Waals surface area contributed by atoms with Gasteiger partial charge in [0.05, 0.1) is 0 Å². The molecule has 0 N–H and O–H groups in total. The minimum absolute atomic E-state index is 0.509. The minimum atomic E-state index is 0.509. The number of benzene rings is 2. The number of likely N-dealkylation sites (tertiary alicyclic amines) is 1. The number of fused-ring (bicyclic) bond motifs is 1. The Morgan fingerprint density at radius 2 is 1.78 bits per heavy atom. The molecule has 2 aromatic carbocycles. The Morgan fingerprint density at radius 1 is 0.957 bits per heavy atom. The molecule has 1 fully saturated rings. The van der Waals surface area contributed by atoms with Crippen LogP contribution in [0, 0.1) is 0 Å². The van der Waals surface area contributed by atoms with Crippen LogP contribution in [-0.4, -0.2) is 31.2 Å². The Labute approximate surface area is 137 Å². The van der Waals surface area contributed by atoms with E-state index in [0.717, 1.165) is 24.5 Å². The maximum absolute atomic E-state index is 5.74. The highest BCUT2D eigenvalue weighted by Gasteiger charge is 2.26. The van der Waals surface area contributed by atoms with Gasteiger partial charge in [-0.2, -0.15) is 0 Å². The molecular formula is C20H23NO2. The molecule has 23 heavy (non-hydrogen) atoms. The van der Waals surface area contributed by atoms with Crippen LogP contribution in [0.5, 0.6) is 11.5 Å². The van der Waals surface area contributed by atoms with E-state index >= 15 is 0 Å². The molecule has 0 saturated carbocycles. The average Bonchev–Trinajstić information content (AvgIpc) is 3.09. The second-order valence-corrected chi connectivity index (χ2v) is 6.33. The molecule has 120 valence electrons. The zero-order valence-electron chi connectivity index (χ0n) is 13.4. The van der Waals surface area contributed by atoms with E-state index in [9.17, 15) is 0 Å². The van der Waals surface area contributed by atoms with E-state index in [1.54, 1.807) is 0 Å². The van der Waals surface area contributed by atoms with Gasteiger partial charge in [-0.15, -0.1) is 0 Å². The summed E-state index contributed by atoms with van der Waals surface area (Å²) in [4.78, 5) is 2.61. The number of hydrogen-bond donors (Lipinski definition) is 0. The first-order valence-corrected chi connectivity index (χ1v) is 8.58. The third kappa shape index (κ3) is 3.20. The van der Waals surface area contributed by atoms with Crippen LogP contribution in [0.2, 0.25) is 0 Å². The van der Waals surface area contributed by atoms with Crippen molar-refractivity contribution in [2.75, 3.05) is 26.3 Å². The molecule has 2 aliphatic heterocycles. The van der Waals surface area contributed by atoms with Gasteiger partial charge in [0.1, 0.15) is 13.2 Å². The highest BCUT2D eigenvalue weighted by Crippen LogP contribution is 2.38. The van der Waals surface area contributed by atoms with Crippen molar-refractivity contribution in [3.05, 3.63) is 59.7 Å². The molecule has 0 radical (unpaired) electrons. The first-order valence-electron chi connectivity index (χ1n) is 8.58. The zero-order chi connectivity index (χ0) is 15.5. The fraction of sp³-hybridized carbons (Fsp3) is 0.400. The predicted octanol–water partition coefficient (Wildman–Crippen LogP) is 3.84. The smallest absolute Gasteiger partial charge is 0.161 e. The lowest BCUT2D eigenvalue weighted by Crippen LogP contribution is -2.26. The molecular weight excluding hydrogens is 286 g/mol. The summed E-state index contributed by atoms with van der Waals surface area (Å²) in [6.07, 6.45) is 3.62. The summed E-state index contributed by atoms with van der Waals surface area (Å²) in [5, 5.41) is 0. The third-order valence-corrected chi connectivity index (χ3v) is 4.85. The van der Waals surface area contributed by atoms with Gasteiger partial charge in [-0.05, 0) is 49.1 Å². The number of rotatable bonds is 4. The van der Waals surface area contributed by atoms with Gasteiger partial charge in [0.2, 0.25) is 0 Å². The van der Waals surface area contributed by atoms with Gasteiger partial charge in [-0.1, -0.05) is 36.4 Å². The van der Waals surface area contributed by atoms with E-state index in [4.69, 9.17) is 9.47 Å². The highest BCUT2D eigenvalue weighted by molar-refractivity contribution is 5.44.